The Morgan fingerprint density at radius 2 is 0.737 bits per heavy atom. The van der Waals surface area contributed by atoms with Gasteiger partial charge >= 0.3 is 0 Å². The van der Waals surface area contributed by atoms with Crippen LogP contribution in [-0.2, 0) is 0 Å². The van der Waals surface area contributed by atoms with Gasteiger partial charge in [0.2, 0.25) is 0 Å². The molecule has 0 N–H and O–H groups in total. The highest BCUT2D eigenvalue weighted by atomic mass is 15.1. The number of hydrogen-bond donors (Lipinski definition) is 0. The molecule has 0 saturated heterocycles. The molecular weight excluding hydrogens is 695 g/mol. The molecule has 0 aliphatic carbocycles. The molecule has 0 amide bonds. The molecule has 0 aliphatic heterocycles. The zero-order valence-corrected chi connectivity index (χ0v) is 30.8. The smallest absolute Gasteiger partial charge is 0.162 e. The maximum atomic E-state index is 5.29. The van der Waals surface area contributed by atoms with E-state index in [1.165, 1.54) is 43.4 Å². The van der Waals surface area contributed by atoms with Gasteiger partial charge in [-0.1, -0.05) is 140 Å². The highest BCUT2D eigenvalue weighted by molar-refractivity contribution is 6.29. The summed E-state index contributed by atoms with van der Waals surface area (Å²) < 4.78 is 7.14. The molecule has 0 atom stereocenters. The molecule has 0 saturated carbocycles. The Balaban J connectivity index is 1.13. The van der Waals surface area contributed by atoms with Gasteiger partial charge in [-0.15, -0.1) is 0 Å². The van der Waals surface area contributed by atoms with Crippen LogP contribution in [0, 0.1) is 0 Å². The van der Waals surface area contributed by atoms with Gasteiger partial charge < -0.3 is 9.13 Å². The first-order valence-corrected chi connectivity index (χ1v) is 19.3. The van der Waals surface area contributed by atoms with Gasteiger partial charge in [-0.25, -0.2) is 9.97 Å². The number of hydrogen-bond acceptors (Lipinski definition) is 2. The third-order valence-electron chi connectivity index (χ3n) is 11.4. The average molecular weight is 728 g/mol. The number of nitrogens with zero attached hydrogens (tertiary/aromatic N) is 5. The number of aromatic nitrogens is 5. The van der Waals surface area contributed by atoms with Crippen molar-refractivity contribution in [3.63, 3.8) is 0 Å². The Hall–Kier alpha value is -7.76. The molecule has 5 heteroatoms. The van der Waals surface area contributed by atoms with E-state index >= 15 is 0 Å². The summed E-state index contributed by atoms with van der Waals surface area (Å²) in [7, 11) is 0. The van der Waals surface area contributed by atoms with E-state index in [9.17, 15) is 0 Å². The molecule has 57 heavy (non-hydrogen) atoms. The lowest BCUT2D eigenvalue weighted by molar-refractivity contribution is 1.05. The predicted octanol–water partition coefficient (Wildman–Crippen LogP) is 13.1. The van der Waals surface area contributed by atoms with Crippen molar-refractivity contribution in [1.82, 2.24) is 23.7 Å². The highest BCUT2D eigenvalue weighted by Crippen LogP contribution is 2.43. The number of para-hydroxylation sites is 4. The van der Waals surface area contributed by atoms with E-state index in [1.807, 2.05) is 24.3 Å². The molecule has 4 aromatic heterocycles. The van der Waals surface area contributed by atoms with E-state index in [2.05, 4.69) is 190 Å². The molecule has 0 fully saturated rings. The molecule has 0 radical (unpaired) electrons. The van der Waals surface area contributed by atoms with Crippen LogP contribution in [0.25, 0.3) is 105 Å². The van der Waals surface area contributed by atoms with Crippen LogP contribution in [0.5, 0.6) is 0 Å². The Labute approximate surface area is 328 Å². The monoisotopic (exact) mass is 727 g/mol. The van der Waals surface area contributed by atoms with Crippen molar-refractivity contribution < 1.29 is 0 Å². The summed E-state index contributed by atoms with van der Waals surface area (Å²) >= 11 is 0. The van der Waals surface area contributed by atoms with Crippen molar-refractivity contribution in [3.05, 3.63) is 200 Å². The summed E-state index contributed by atoms with van der Waals surface area (Å²) in [5.74, 6) is 1.52. The van der Waals surface area contributed by atoms with E-state index < -0.39 is 0 Å². The zero-order chi connectivity index (χ0) is 37.5. The van der Waals surface area contributed by atoms with Crippen molar-refractivity contribution in [2.24, 2.45) is 0 Å². The fraction of sp³-hybridized carbons (Fsp3) is 0. The third kappa shape index (κ3) is 4.76. The van der Waals surface area contributed by atoms with Gasteiger partial charge in [0.05, 0.1) is 38.8 Å². The van der Waals surface area contributed by atoms with Crippen molar-refractivity contribution in [1.29, 1.82) is 0 Å². The molecule has 12 rings (SSSR count). The van der Waals surface area contributed by atoms with E-state index in [4.69, 9.17) is 9.97 Å². The fourth-order valence-electron chi connectivity index (χ4n) is 9.04. The van der Waals surface area contributed by atoms with Crippen molar-refractivity contribution in [2.75, 3.05) is 0 Å². The highest BCUT2D eigenvalue weighted by Gasteiger charge is 2.22. The standard InChI is InChI=1S/C52H33N5/c1-3-16-34(17-4-1)42-33-49(54-52(53-42)35-18-5-2-6-19-35)57-46-29-14-10-25-41(46)51-48(57)31-30-47-50(51)40-24-9-13-28-45(40)56(47)37-21-15-20-36(32-37)55-43-26-11-7-22-38(43)39-23-8-12-27-44(39)55/h1-33H. The second-order valence-electron chi connectivity index (χ2n) is 14.6. The Kier molecular flexibility index (Phi) is 6.86. The minimum atomic E-state index is 0.693. The molecule has 8 aromatic carbocycles. The summed E-state index contributed by atoms with van der Waals surface area (Å²) in [6, 6.07) is 71.2. The molecular formula is C52H33N5. The van der Waals surface area contributed by atoms with Crippen LogP contribution in [0.3, 0.4) is 0 Å². The van der Waals surface area contributed by atoms with Crippen LogP contribution in [0.2, 0.25) is 0 Å². The van der Waals surface area contributed by atoms with Gasteiger partial charge in [-0.05, 0) is 54.6 Å². The second-order valence-corrected chi connectivity index (χ2v) is 14.6. The van der Waals surface area contributed by atoms with Crippen molar-refractivity contribution in [3.8, 4) is 39.8 Å². The fourth-order valence-corrected chi connectivity index (χ4v) is 9.04. The van der Waals surface area contributed by atoms with Gasteiger partial charge in [0.1, 0.15) is 5.82 Å². The van der Waals surface area contributed by atoms with Crippen LogP contribution in [0.1, 0.15) is 0 Å². The van der Waals surface area contributed by atoms with E-state index in [0.717, 1.165) is 56.1 Å². The topological polar surface area (TPSA) is 40.6 Å². The zero-order valence-electron chi connectivity index (χ0n) is 30.8. The largest absolute Gasteiger partial charge is 0.309 e. The summed E-state index contributed by atoms with van der Waals surface area (Å²) in [5, 5.41) is 7.33. The lowest BCUT2D eigenvalue weighted by Crippen LogP contribution is -2.02. The van der Waals surface area contributed by atoms with Gasteiger partial charge in [0, 0.05) is 60.9 Å². The first-order chi connectivity index (χ1) is 28.3. The molecule has 4 heterocycles. The molecule has 266 valence electrons. The van der Waals surface area contributed by atoms with E-state index in [-0.39, 0.29) is 0 Å². The number of benzene rings is 8. The van der Waals surface area contributed by atoms with Crippen LogP contribution in [-0.4, -0.2) is 23.7 Å². The maximum absolute atomic E-state index is 5.29. The average Bonchev–Trinajstić information content (AvgIpc) is 3.93. The maximum Gasteiger partial charge on any atom is 0.162 e. The third-order valence-corrected chi connectivity index (χ3v) is 11.4. The van der Waals surface area contributed by atoms with Crippen LogP contribution in [0.4, 0.5) is 0 Å². The first-order valence-electron chi connectivity index (χ1n) is 19.3. The first kappa shape index (κ1) is 31.6. The Bertz CT molecular complexity index is 3410. The molecule has 0 spiro atoms. The normalized spacial score (nSPS) is 11.9. The lowest BCUT2D eigenvalue weighted by atomic mass is 10.1. The minimum Gasteiger partial charge on any atom is -0.309 e. The van der Waals surface area contributed by atoms with E-state index in [0.29, 0.717) is 5.82 Å². The molecule has 5 nitrogen and oxygen atoms in total. The Morgan fingerprint density at radius 1 is 0.298 bits per heavy atom. The summed E-state index contributed by atoms with van der Waals surface area (Å²) in [5.41, 5.74) is 12.1. The summed E-state index contributed by atoms with van der Waals surface area (Å²) in [6.45, 7) is 0. The minimum absolute atomic E-state index is 0.693. The molecule has 0 bridgehead atoms. The van der Waals surface area contributed by atoms with Crippen molar-refractivity contribution >= 4 is 65.4 Å². The van der Waals surface area contributed by atoms with Gasteiger partial charge in [0.25, 0.3) is 0 Å². The van der Waals surface area contributed by atoms with Gasteiger partial charge in [0.15, 0.2) is 5.82 Å². The summed E-state index contributed by atoms with van der Waals surface area (Å²) in [6.07, 6.45) is 0. The molecule has 12 aromatic rings. The second kappa shape index (κ2) is 12.4. The van der Waals surface area contributed by atoms with Crippen LogP contribution < -0.4 is 0 Å². The van der Waals surface area contributed by atoms with Gasteiger partial charge in [-0.3, -0.25) is 4.57 Å². The number of fused-ring (bicyclic) bond motifs is 10. The molecule has 0 unspecified atom stereocenters. The quantitative estimate of drug-likeness (QED) is 0.177. The predicted molar refractivity (Wildman–Crippen MR) is 236 cm³/mol. The van der Waals surface area contributed by atoms with Crippen molar-refractivity contribution in [2.45, 2.75) is 0 Å². The summed E-state index contributed by atoms with van der Waals surface area (Å²) in [4.78, 5) is 10.4. The van der Waals surface area contributed by atoms with Gasteiger partial charge in [-0.2, -0.15) is 0 Å². The number of rotatable bonds is 5. The van der Waals surface area contributed by atoms with Crippen LogP contribution in [0.15, 0.2) is 200 Å². The SMILES string of the molecule is c1ccc(-c2cc(-n3c4ccccc4c4c5c6ccccc6n(-c6cccc(-n7c8ccccc8c8ccccc87)c6)c5ccc43)nc(-c3ccccc3)n2)cc1. The van der Waals surface area contributed by atoms with E-state index in [1.54, 1.807) is 0 Å². The lowest BCUT2D eigenvalue weighted by Gasteiger charge is -2.13. The molecule has 0 aliphatic rings. The van der Waals surface area contributed by atoms with Crippen LogP contribution >= 0.6 is 0 Å². The Morgan fingerprint density at radius 3 is 1.32 bits per heavy atom.